The Labute approximate surface area is 135 Å². The number of amides is 1. The smallest absolute Gasteiger partial charge is 0.251 e. The van der Waals surface area contributed by atoms with Crippen molar-refractivity contribution in [2.24, 2.45) is 0 Å². The summed E-state index contributed by atoms with van der Waals surface area (Å²) in [6.07, 6.45) is 6.33. The third-order valence-electron chi connectivity index (χ3n) is 3.74. The summed E-state index contributed by atoms with van der Waals surface area (Å²) in [6.45, 7) is 4.47. The Balaban J connectivity index is 1.58. The lowest BCUT2D eigenvalue weighted by atomic mass is 10.1. The van der Waals surface area contributed by atoms with Crippen LogP contribution in [0, 0.1) is 3.57 Å². The van der Waals surface area contributed by atoms with E-state index in [9.17, 15) is 4.79 Å². The number of rotatable bonds is 6. The largest absolute Gasteiger partial charge is 0.352 e. The summed E-state index contributed by atoms with van der Waals surface area (Å²) >= 11 is 2.24. The summed E-state index contributed by atoms with van der Waals surface area (Å²) < 4.78 is 1.15. The third-order valence-corrected chi connectivity index (χ3v) is 4.46. The van der Waals surface area contributed by atoms with Gasteiger partial charge in [0.05, 0.1) is 0 Å². The molecule has 3 nitrogen and oxygen atoms in total. The molecule has 0 aliphatic carbocycles. The molecule has 0 spiro atoms. The van der Waals surface area contributed by atoms with Crippen LogP contribution in [0.3, 0.4) is 0 Å². The zero-order chi connectivity index (χ0) is 14.2. The summed E-state index contributed by atoms with van der Waals surface area (Å²) in [5, 5.41) is 3.00. The SMILES string of the molecule is O=C(NCCCCN1CCCCC1)c1ccc(I)cc1. The number of hydrogen-bond acceptors (Lipinski definition) is 2. The van der Waals surface area contributed by atoms with Crippen molar-refractivity contribution in [2.75, 3.05) is 26.2 Å². The van der Waals surface area contributed by atoms with E-state index in [1.54, 1.807) is 0 Å². The van der Waals surface area contributed by atoms with E-state index in [4.69, 9.17) is 0 Å². The molecule has 1 saturated heterocycles. The van der Waals surface area contributed by atoms with Gasteiger partial charge in [0.1, 0.15) is 0 Å². The number of unbranched alkanes of at least 4 members (excludes halogenated alkanes) is 1. The number of piperidine rings is 1. The van der Waals surface area contributed by atoms with E-state index in [0.717, 1.165) is 22.1 Å². The second kappa shape index (κ2) is 8.62. The van der Waals surface area contributed by atoms with Crippen LogP contribution in [0.4, 0.5) is 0 Å². The van der Waals surface area contributed by atoms with E-state index in [1.165, 1.54) is 45.3 Å². The number of carbonyl (C=O) groups is 1. The van der Waals surface area contributed by atoms with Gasteiger partial charge in [0, 0.05) is 15.7 Å². The fourth-order valence-electron chi connectivity index (χ4n) is 2.55. The summed E-state index contributed by atoms with van der Waals surface area (Å²) in [4.78, 5) is 14.4. The Morgan fingerprint density at radius 1 is 1.10 bits per heavy atom. The number of carbonyl (C=O) groups excluding carboxylic acids is 1. The Morgan fingerprint density at radius 2 is 1.80 bits per heavy atom. The van der Waals surface area contributed by atoms with E-state index in [2.05, 4.69) is 32.8 Å². The maximum Gasteiger partial charge on any atom is 0.251 e. The Kier molecular flexibility index (Phi) is 6.79. The monoisotopic (exact) mass is 386 g/mol. The molecule has 2 rings (SSSR count). The van der Waals surface area contributed by atoms with Gasteiger partial charge in [-0.1, -0.05) is 6.42 Å². The van der Waals surface area contributed by atoms with Gasteiger partial charge in [-0.25, -0.2) is 0 Å². The number of benzene rings is 1. The molecule has 1 aliphatic heterocycles. The van der Waals surface area contributed by atoms with Crippen molar-refractivity contribution in [2.45, 2.75) is 32.1 Å². The van der Waals surface area contributed by atoms with Crippen LogP contribution in [0.1, 0.15) is 42.5 Å². The van der Waals surface area contributed by atoms with Crippen LogP contribution in [-0.4, -0.2) is 37.0 Å². The van der Waals surface area contributed by atoms with Gasteiger partial charge in [0.15, 0.2) is 0 Å². The molecule has 0 bridgehead atoms. The minimum absolute atomic E-state index is 0.0411. The highest BCUT2D eigenvalue weighted by molar-refractivity contribution is 14.1. The minimum atomic E-state index is 0.0411. The van der Waals surface area contributed by atoms with Crippen molar-refractivity contribution < 1.29 is 4.79 Å². The number of hydrogen-bond donors (Lipinski definition) is 1. The standard InChI is InChI=1S/C16H23IN2O/c17-15-8-6-14(7-9-15)16(20)18-10-2-5-13-19-11-3-1-4-12-19/h6-9H,1-5,10-13H2,(H,18,20). The first-order chi connectivity index (χ1) is 9.75. The molecule has 1 aromatic rings. The average molecular weight is 386 g/mol. The first-order valence-corrected chi connectivity index (χ1v) is 8.60. The van der Waals surface area contributed by atoms with Crippen molar-refractivity contribution in [1.82, 2.24) is 10.2 Å². The summed E-state index contributed by atoms with van der Waals surface area (Å²) in [7, 11) is 0. The number of nitrogens with one attached hydrogen (secondary N) is 1. The normalized spacial score (nSPS) is 16.1. The molecule has 1 heterocycles. The molecule has 1 aromatic carbocycles. The predicted molar refractivity (Wildman–Crippen MR) is 91.0 cm³/mol. The van der Waals surface area contributed by atoms with Gasteiger partial charge in [0.2, 0.25) is 0 Å². The summed E-state index contributed by atoms with van der Waals surface area (Å²) in [6, 6.07) is 7.69. The van der Waals surface area contributed by atoms with Gasteiger partial charge in [-0.3, -0.25) is 4.79 Å². The molecule has 1 fully saturated rings. The number of halogens is 1. The zero-order valence-electron chi connectivity index (χ0n) is 11.9. The van der Waals surface area contributed by atoms with Gasteiger partial charge >= 0.3 is 0 Å². The topological polar surface area (TPSA) is 32.3 Å². The quantitative estimate of drug-likeness (QED) is 0.601. The molecular weight excluding hydrogens is 363 g/mol. The van der Waals surface area contributed by atoms with Crippen molar-refractivity contribution in [3.8, 4) is 0 Å². The molecule has 20 heavy (non-hydrogen) atoms. The van der Waals surface area contributed by atoms with Crippen LogP contribution in [0.25, 0.3) is 0 Å². The van der Waals surface area contributed by atoms with Gasteiger partial charge in [-0.2, -0.15) is 0 Å². The van der Waals surface area contributed by atoms with Crippen LogP contribution >= 0.6 is 22.6 Å². The molecular formula is C16H23IN2O. The van der Waals surface area contributed by atoms with E-state index in [0.29, 0.717) is 0 Å². The fraction of sp³-hybridized carbons (Fsp3) is 0.562. The zero-order valence-corrected chi connectivity index (χ0v) is 14.1. The first-order valence-electron chi connectivity index (χ1n) is 7.52. The Morgan fingerprint density at radius 3 is 2.50 bits per heavy atom. The lowest BCUT2D eigenvalue weighted by Gasteiger charge is -2.26. The van der Waals surface area contributed by atoms with Crippen molar-refractivity contribution >= 4 is 28.5 Å². The Bertz CT molecular complexity index is 413. The minimum Gasteiger partial charge on any atom is -0.352 e. The fourth-order valence-corrected chi connectivity index (χ4v) is 2.91. The van der Waals surface area contributed by atoms with E-state index in [-0.39, 0.29) is 5.91 Å². The van der Waals surface area contributed by atoms with Gasteiger partial charge in [-0.05, 0) is 92.2 Å². The molecule has 1 N–H and O–H groups in total. The number of nitrogens with zero attached hydrogens (tertiary/aromatic N) is 1. The second-order valence-corrected chi connectivity index (χ2v) is 6.62. The van der Waals surface area contributed by atoms with E-state index in [1.807, 2.05) is 24.3 Å². The molecule has 0 unspecified atom stereocenters. The highest BCUT2D eigenvalue weighted by atomic mass is 127. The van der Waals surface area contributed by atoms with Gasteiger partial charge < -0.3 is 10.2 Å². The molecule has 0 radical (unpaired) electrons. The van der Waals surface area contributed by atoms with Crippen LogP contribution in [-0.2, 0) is 0 Å². The lowest BCUT2D eigenvalue weighted by Crippen LogP contribution is -2.31. The van der Waals surface area contributed by atoms with Crippen LogP contribution < -0.4 is 5.32 Å². The van der Waals surface area contributed by atoms with E-state index < -0.39 is 0 Å². The molecule has 0 saturated carbocycles. The predicted octanol–water partition coefficient (Wildman–Crippen LogP) is 3.29. The molecule has 1 aliphatic rings. The molecule has 4 heteroatoms. The summed E-state index contributed by atoms with van der Waals surface area (Å²) in [5.74, 6) is 0.0411. The van der Waals surface area contributed by atoms with Crippen molar-refractivity contribution in [3.63, 3.8) is 0 Å². The molecule has 0 aromatic heterocycles. The lowest BCUT2D eigenvalue weighted by molar-refractivity contribution is 0.0952. The third kappa shape index (κ3) is 5.40. The second-order valence-electron chi connectivity index (χ2n) is 5.37. The maximum absolute atomic E-state index is 11.9. The van der Waals surface area contributed by atoms with Crippen LogP contribution in [0.5, 0.6) is 0 Å². The highest BCUT2D eigenvalue weighted by Gasteiger charge is 2.09. The van der Waals surface area contributed by atoms with Gasteiger partial charge in [0.25, 0.3) is 5.91 Å². The molecule has 1 amide bonds. The molecule has 0 atom stereocenters. The highest BCUT2D eigenvalue weighted by Crippen LogP contribution is 2.09. The first kappa shape index (κ1) is 15.8. The summed E-state index contributed by atoms with van der Waals surface area (Å²) in [5.41, 5.74) is 0.751. The van der Waals surface area contributed by atoms with E-state index >= 15 is 0 Å². The number of likely N-dealkylation sites (tertiary alicyclic amines) is 1. The maximum atomic E-state index is 11.9. The van der Waals surface area contributed by atoms with Gasteiger partial charge in [-0.15, -0.1) is 0 Å². The average Bonchev–Trinajstić information content (AvgIpc) is 2.48. The molecule has 110 valence electrons. The van der Waals surface area contributed by atoms with Crippen molar-refractivity contribution in [3.05, 3.63) is 33.4 Å². The Hall–Kier alpha value is -0.620. The van der Waals surface area contributed by atoms with Crippen LogP contribution in [0.2, 0.25) is 0 Å². The van der Waals surface area contributed by atoms with Crippen molar-refractivity contribution in [1.29, 1.82) is 0 Å². The van der Waals surface area contributed by atoms with Crippen LogP contribution in [0.15, 0.2) is 24.3 Å².